The highest BCUT2D eigenvalue weighted by Gasteiger charge is 2.23. The van der Waals surface area contributed by atoms with E-state index in [1.165, 1.54) is 23.2 Å². The number of rotatable bonds is 2. The summed E-state index contributed by atoms with van der Waals surface area (Å²) in [5, 5.41) is 0. The second kappa shape index (κ2) is 5.72. The fourth-order valence-electron chi connectivity index (χ4n) is 2.89. The Kier molecular flexibility index (Phi) is 4.25. The van der Waals surface area contributed by atoms with Gasteiger partial charge in [-0.3, -0.25) is 0 Å². The van der Waals surface area contributed by atoms with Gasteiger partial charge in [0.25, 0.3) is 0 Å². The molecule has 3 nitrogen and oxygen atoms in total. The SMILES string of the molecule is Cc1ccc(N2CCCN(C)CC2CN)c(C)c1. The summed E-state index contributed by atoms with van der Waals surface area (Å²) in [6.07, 6.45) is 1.21. The van der Waals surface area contributed by atoms with Crippen LogP contribution in [0.25, 0.3) is 0 Å². The molecular weight excluding hydrogens is 222 g/mol. The third-order valence-electron chi connectivity index (χ3n) is 3.84. The topological polar surface area (TPSA) is 32.5 Å². The molecule has 0 bridgehead atoms. The quantitative estimate of drug-likeness (QED) is 0.864. The molecule has 0 saturated carbocycles. The van der Waals surface area contributed by atoms with Crippen LogP contribution < -0.4 is 10.6 Å². The number of aryl methyl sites for hydroxylation is 2. The Bertz CT molecular complexity index is 403. The van der Waals surface area contributed by atoms with Gasteiger partial charge in [-0.2, -0.15) is 0 Å². The molecule has 0 amide bonds. The van der Waals surface area contributed by atoms with E-state index in [0.717, 1.165) is 26.2 Å². The molecular formula is C15H25N3. The molecule has 1 aromatic rings. The number of nitrogens with zero attached hydrogens (tertiary/aromatic N) is 2. The number of hydrogen-bond donors (Lipinski definition) is 1. The molecule has 2 rings (SSSR count). The summed E-state index contributed by atoms with van der Waals surface area (Å²) in [5.41, 5.74) is 10.0. The van der Waals surface area contributed by atoms with Crippen molar-refractivity contribution in [2.45, 2.75) is 26.3 Å². The molecule has 1 heterocycles. The summed E-state index contributed by atoms with van der Waals surface area (Å²) in [5.74, 6) is 0. The van der Waals surface area contributed by atoms with Crippen LogP contribution in [0.5, 0.6) is 0 Å². The molecule has 1 unspecified atom stereocenters. The van der Waals surface area contributed by atoms with Gasteiger partial charge in [0.15, 0.2) is 0 Å². The van der Waals surface area contributed by atoms with Crippen molar-refractivity contribution in [3.63, 3.8) is 0 Å². The predicted octanol–water partition coefficient (Wildman–Crippen LogP) is 1.77. The smallest absolute Gasteiger partial charge is 0.0539 e. The van der Waals surface area contributed by atoms with E-state index < -0.39 is 0 Å². The molecule has 100 valence electrons. The molecule has 3 heteroatoms. The van der Waals surface area contributed by atoms with Crippen molar-refractivity contribution in [2.24, 2.45) is 5.73 Å². The summed E-state index contributed by atoms with van der Waals surface area (Å²) in [4.78, 5) is 4.89. The highest BCUT2D eigenvalue weighted by atomic mass is 15.2. The third-order valence-corrected chi connectivity index (χ3v) is 3.84. The van der Waals surface area contributed by atoms with Crippen molar-refractivity contribution >= 4 is 5.69 Å². The lowest BCUT2D eigenvalue weighted by atomic mass is 10.1. The summed E-state index contributed by atoms with van der Waals surface area (Å²) in [7, 11) is 2.19. The van der Waals surface area contributed by atoms with Gasteiger partial charge in [-0.25, -0.2) is 0 Å². The van der Waals surface area contributed by atoms with E-state index >= 15 is 0 Å². The van der Waals surface area contributed by atoms with Crippen LogP contribution in [0.4, 0.5) is 5.69 Å². The van der Waals surface area contributed by atoms with Crippen molar-refractivity contribution in [3.8, 4) is 0 Å². The van der Waals surface area contributed by atoms with Crippen molar-refractivity contribution in [1.82, 2.24) is 4.90 Å². The van der Waals surface area contributed by atoms with Crippen molar-refractivity contribution < 1.29 is 0 Å². The van der Waals surface area contributed by atoms with Crippen molar-refractivity contribution in [3.05, 3.63) is 29.3 Å². The largest absolute Gasteiger partial charge is 0.366 e. The lowest BCUT2D eigenvalue weighted by molar-refractivity contribution is 0.332. The zero-order valence-corrected chi connectivity index (χ0v) is 11.8. The van der Waals surface area contributed by atoms with Crippen LogP contribution in [0, 0.1) is 13.8 Å². The molecule has 1 saturated heterocycles. The Morgan fingerprint density at radius 2 is 2.06 bits per heavy atom. The third kappa shape index (κ3) is 2.85. The van der Waals surface area contributed by atoms with Crippen LogP contribution in [-0.4, -0.2) is 44.2 Å². The standard InChI is InChI=1S/C15H25N3/c1-12-5-6-15(13(2)9-12)18-8-4-7-17(3)11-14(18)10-16/h5-6,9,14H,4,7-8,10-11,16H2,1-3H3. The first-order valence-corrected chi connectivity index (χ1v) is 6.84. The van der Waals surface area contributed by atoms with Crippen LogP contribution in [0.2, 0.25) is 0 Å². The normalized spacial score (nSPS) is 22.0. The number of nitrogens with two attached hydrogens (primary N) is 1. The van der Waals surface area contributed by atoms with Crippen LogP contribution >= 0.6 is 0 Å². The van der Waals surface area contributed by atoms with E-state index in [4.69, 9.17) is 5.73 Å². The van der Waals surface area contributed by atoms with E-state index in [9.17, 15) is 0 Å². The first kappa shape index (κ1) is 13.4. The molecule has 1 fully saturated rings. The fraction of sp³-hybridized carbons (Fsp3) is 0.600. The van der Waals surface area contributed by atoms with Crippen molar-refractivity contribution in [1.29, 1.82) is 0 Å². The van der Waals surface area contributed by atoms with Gasteiger partial charge in [0, 0.05) is 25.3 Å². The monoisotopic (exact) mass is 247 g/mol. The molecule has 1 aliphatic rings. The summed E-state index contributed by atoms with van der Waals surface area (Å²) >= 11 is 0. The van der Waals surface area contributed by atoms with Gasteiger partial charge in [0.1, 0.15) is 0 Å². The van der Waals surface area contributed by atoms with E-state index in [-0.39, 0.29) is 0 Å². The Morgan fingerprint density at radius 3 is 2.72 bits per heavy atom. The number of benzene rings is 1. The van der Waals surface area contributed by atoms with Gasteiger partial charge in [-0.1, -0.05) is 17.7 Å². The Labute approximate surface area is 111 Å². The number of hydrogen-bond acceptors (Lipinski definition) is 3. The molecule has 1 aliphatic heterocycles. The molecule has 2 N–H and O–H groups in total. The maximum Gasteiger partial charge on any atom is 0.0539 e. The minimum atomic E-state index is 0.430. The van der Waals surface area contributed by atoms with Crippen molar-refractivity contribution in [2.75, 3.05) is 38.1 Å². The molecule has 0 spiro atoms. The highest BCUT2D eigenvalue weighted by Crippen LogP contribution is 2.24. The second-order valence-electron chi connectivity index (χ2n) is 5.49. The maximum atomic E-state index is 5.97. The minimum Gasteiger partial charge on any atom is -0.366 e. The van der Waals surface area contributed by atoms with E-state index in [0.29, 0.717) is 6.04 Å². The van der Waals surface area contributed by atoms with Crippen LogP contribution in [-0.2, 0) is 0 Å². The highest BCUT2D eigenvalue weighted by molar-refractivity contribution is 5.55. The van der Waals surface area contributed by atoms with Crippen LogP contribution in [0.1, 0.15) is 17.5 Å². The summed E-state index contributed by atoms with van der Waals surface area (Å²) in [6, 6.07) is 7.14. The summed E-state index contributed by atoms with van der Waals surface area (Å²) < 4.78 is 0. The van der Waals surface area contributed by atoms with Gasteiger partial charge in [-0.05, 0) is 45.5 Å². The zero-order valence-electron chi connectivity index (χ0n) is 11.8. The van der Waals surface area contributed by atoms with E-state index in [1.54, 1.807) is 0 Å². The molecule has 0 radical (unpaired) electrons. The van der Waals surface area contributed by atoms with Crippen LogP contribution in [0.15, 0.2) is 18.2 Å². The zero-order chi connectivity index (χ0) is 13.1. The molecule has 1 aromatic carbocycles. The lowest BCUT2D eigenvalue weighted by Gasteiger charge is -2.33. The van der Waals surface area contributed by atoms with Gasteiger partial charge in [0.05, 0.1) is 6.04 Å². The summed E-state index contributed by atoms with van der Waals surface area (Å²) in [6.45, 7) is 8.40. The van der Waals surface area contributed by atoms with E-state index in [2.05, 4.69) is 48.9 Å². The molecule has 18 heavy (non-hydrogen) atoms. The first-order valence-electron chi connectivity index (χ1n) is 6.84. The van der Waals surface area contributed by atoms with E-state index in [1.807, 2.05) is 0 Å². The first-order chi connectivity index (χ1) is 8.61. The minimum absolute atomic E-state index is 0.430. The van der Waals surface area contributed by atoms with Gasteiger partial charge in [0.2, 0.25) is 0 Å². The predicted molar refractivity (Wildman–Crippen MR) is 78.2 cm³/mol. The van der Waals surface area contributed by atoms with Gasteiger partial charge < -0.3 is 15.5 Å². The number of anilines is 1. The van der Waals surface area contributed by atoms with Gasteiger partial charge in [-0.15, -0.1) is 0 Å². The number of likely N-dealkylation sites (N-methyl/N-ethyl adjacent to an activating group) is 1. The lowest BCUT2D eigenvalue weighted by Crippen LogP contribution is -2.45. The maximum absolute atomic E-state index is 5.97. The molecule has 0 aromatic heterocycles. The average Bonchev–Trinajstić information content (AvgIpc) is 2.51. The fourth-order valence-corrected chi connectivity index (χ4v) is 2.89. The Morgan fingerprint density at radius 1 is 1.28 bits per heavy atom. The second-order valence-corrected chi connectivity index (χ2v) is 5.49. The Hall–Kier alpha value is -1.06. The van der Waals surface area contributed by atoms with Crippen LogP contribution in [0.3, 0.4) is 0 Å². The van der Waals surface area contributed by atoms with Gasteiger partial charge >= 0.3 is 0 Å². The molecule has 0 aliphatic carbocycles. The Balaban J connectivity index is 2.28. The average molecular weight is 247 g/mol. The molecule has 1 atom stereocenters.